The average molecular weight is 357 g/mol. The van der Waals surface area contributed by atoms with E-state index in [0.29, 0.717) is 6.42 Å². The van der Waals surface area contributed by atoms with Gasteiger partial charge in [0, 0.05) is 33.7 Å². The van der Waals surface area contributed by atoms with Crippen molar-refractivity contribution in [2.75, 3.05) is 5.32 Å². The van der Waals surface area contributed by atoms with Crippen molar-refractivity contribution in [1.82, 2.24) is 4.98 Å². The third-order valence-electron chi connectivity index (χ3n) is 3.76. The number of aromatic amines is 1. The molecule has 1 amide bonds. The summed E-state index contributed by atoms with van der Waals surface area (Å²) in [5.41, 5.74) is 4.21. The Morgan fingerprint density at radius 2 is 2.05 bits per heavy atom. The van der Waals surface area contributed by atoms with Crippen LogP contribution in [0.4, 0.5) is 5.69 Å². The van der Waals surface area contributed by atoms with Crippen molar-refractivity contribution in [3.63, 3.8) is 0 Å². The molecule has 2 aromatic carbocycles. The maximum absolute atomic E-state index is 12.1. The number of hydrogen-bond donors (Lipinski definition) is 2. The topological polar surface area (TPSA) is 44.9 Å². The van der Waals surface area contributed by atoms with Crippen molar-refractivity contribution in [3.8, 4) is 0 Å². The predicted octanol–water partition coefficient (Wildman–Crippen LogP) is 4.81. The van der Waals surface area contributed by atoms with Gasteiger partial charge in [-0.05, 0) is 48.7 Å². The van der Waals surface area contributed by atoms with Gasteiger partial charge in [-0.1, -0.05) is 34.1 Å². The fourth-order valence-electron chi connectivity index (χ4n) is 2.57. The minimum absolute atomic E-state index is 0.0377. The van der Waals surface area contributed by atoms with Crippen molar-refractivity contribution >= 4 is 38.4 Å². The number of carbonyl (C=O) groups excluding carboxylic acids is 1. The maximum atomic E-state index is 12.1. The standard InChI is InChI=1S/C18H17BrN2O/c1-12-10-14(19)7-8-16(12)21-18(22)9-6-13-11-20-17-5-3-2-4-15(13)17/h2-5,7-8,10-11,20H,6,9H2,1H3,(H,21,22). The van der Waals surface area contributed by atoms with E-state index < -0.39 is 0 Å². The van der Waals surface area contributed by atoms with Crippen LogP contribution in [0.15, 0.2) is 53.1 Å². The third-order valence-corrected chi connectivity index (χ3v) is 4.25. The van der Waals surface area contributed by atoms with Crippen LogP contribution >= 0.6 is 15.9 Å². The maximum Gasteiger partial charge on any atom is 0.224 e. The highest BCUT2D eigenvalue weighted by Crippen LogP contribution is 2.21. The lowest BCUT2D eigenvalue weighted by atomic mass is 10.1. The van der Waals surface area contributed by atoms with Crippen LogP contribution in [0.2, 0.25) is 0 Å². The molecule has 0 aliphatic rings. The normalized spacial score (nSPS) is 10.8. The fourth-order valence-corrected chi connectivity index (χ4v) is 3.04. The Kier molecular flexibility index (Phi) is 4.29. The summed E-state index contributed by atoms with van der Waals surface area (Å²) in [6.45, 7) is 1.99. The second-order valence-electron chi connectivity index (χ2n) is 5.37. The van der Waals surface area contributed by atoms with Crippen LogP contribution in [0.25, 0.3) is 10.9 Å². The van der Waals surface area contributed by atoms with E-state index in [-0.39, 0.29) is 5.91 Å². The van der Waals surface area contributed by atoms with Crippen molar-refractivity contribution in [3.05, 3.63) is 64.3 Å². The van der Waals surface area contributed by atoms with Crippen molar-refractivity contribution in [2.24, 2.45) is 0 Å². The Balaban J connectivity index is 1.65. The van der Waals surface area contributed by atoms with Gasteiger partial charge in [-0.3, -0.25) is 4.79 Å². The van der Waals surface area contributed by atoms with E-state index in [4.69, 9.17) is 0 Å². The number of aryl methyl sites for hydroxylation is 2. The number of aromatic nitrogens is 1. The Morgan fingerprint density at radius 3 is 2.86 bits per heavy atom. The van der Waals surface area contributed by atoms with E-state index in [1.54, 1.807) is 0 Å². The Hall–Kier alpha value is -2.07. The molecule has 0 bridgehead atoms. The zero-order valence-corrected chi connectivity index (χ0v) is 13.9. The summed E-state index contributed by atoms with van der Waals surface area (Å²) >= 11 is 3.43. The Labute approximate surface area is 137 Å². The highest BCUT2D eigenvalue weighted by atomic mass is 79.9. The smallest absolute Gasteiger partial charge is 0.224 e. The summed E-state index contributed by atoms with van der Waals surface area (Å²) in [5.74, 6) is 0.0377. The lowest BCUT2D eigenvalue weighted by Crippen LogP contribution is -2.13. The molecular weight excluding hydrogens is 340 g/mol. The first kappa shape index (κ1) is 14.9. The minimum atomic E-state index is 0.0377. The number of halogens is 1. The summed E-state index contributed by atoms with van der Waals surface area (Å²) in [6.07, 6.45) is 3.19. The minimum Gasteiger partial charge on any atom is -0.361 e. The molecule has 0 aliphatic carbocycles. The number of carbonyl (C=O) groups is 1. The SMILES string of the molecule is Cc1cc(Br)ccc1NC(=O)CCc1c[nH]c2ccccc12. The second kappa shape index (κ2) is 6.36. The second-order valence-corrected chi connectivity index (χ2v) is 6.28. The molecule has 0 atom stereocenters. The molecule has 1 aromatic heterocycles. The van der Waals surface area contributed by atoms with E-state index in [1.165, 1.54) is 10.9 Å². The van der Waals surface area contributed by atoms with E-state index >= 15 is 0 Å². The van der Waals surface area contributed by atoms with Crippen molar-refractivity contribution in [2.45, 2.75) is 19.8 Å². The zero-order chi connectivity index (χ0) is 15.5. The van der Waals surface area contributed by atoms with E-state index in [2.05, 4.69) is 32.3 Å². The van der Waals surface area contributed by atoms with Gasteiger partial charge in [0.2, 0.25) is 5.91 Å². The summed E-state index contributed by atoms with van der Waals surface area (Å²) in [6, 6.07) is 14.0. The van der Waals surface area contributed by atoms with Crippen molar-refractivity contribution < 1.29 is 4.79 Å². The highest BCUT2D eigenvalue weighted by molar-refractivity contribution is 9.10. The first-order valence-electron chi connectivity index (χ1n) is 7.24. The van der Waals surface area contributed by atoms with Gasteiger partial charge in [0.25, 0.3) is 0 Å². The highest BCUT2D eigenvalue weighted by Gasteiger charge is 2.08. The third kappa shape index (κ3) is 3.22. The molecule has 22 heavy (non-hydrogen) atoms. The predicted molar refractivity (Wildman–Crippen MR) is 94.1 cm³/mol. The van der Waals surface area contributed by atoms with Gasteiger partial charge in [-0.15, -0.1) is 0 Å². The van der Waals surface area contributed by atoms with Gasteiger partial charge in [0.15, 0.2) is 0 Å². The van der Waals surface area contributed by atoms with Crippen LogP contribution in [0, 0.1) is 6.92 Å². The van der Waals surface area contributed by atoms with E-state index in [9.17, 15) is 4.79 Å². The summed E-state index contributed by atoms with van der Waals surface area (Å²) in [5, 5.41) is 4.17. The lowest BCUT2D eigenvalue weighted by molar-refractivity contribution is -0.116. The lowest BCUT2D eigenvalue weighted by Gasteiger charge is -2.08. The quantitative estimate of drug-likeness (QED) is 0.692. The Morgan fingerprint density at radius 1 is 1.23 bits per heavy atom. The summed E-state index contributed by atoms with van der Waals surface area (Å²) < 4.78 is 1.02. The number of para-hydroxylation sites is 1. The number of hydrogen-bond acceptors (Lipinski definition) is 1. The van der Waals surface area contributed by atoms with Gasteiger partial charge in [-0.25, -0.2) is 0 Å². The molecule has 1 heterocycles. The van der Waals surface area contributed by atoms with Gasteiger partial charge < -0.3 is 10.3 Å². The van der Waals surface area contributed by atoms with Gasteiger partial charge in [0.1, 0.15) is 0 Å². The monoisotopic (exact) mass is 356 g/mol. The molecule has 3 aromatic rings. The molecule has 2 N–H and O–H groups in total. The van der Waals surface area contributed by atoms with Gasteiger partial charge in [-0.2, -0.15) is 0 Å². The van der Waals surface area contributed by atoms with Gasteiger partial charge in [0.05, 0.1) is 0 Å². The number of nitrogens with one attached hydrogen (secondary N) is 2. The molecular formula is C18H17BrN2O. The number of anilines is 1. The fraction of sp³-hybridized carbons (Fsp3) is 0.167. The molecule has 0 spiro atoms. The zero-order valence-electron chi connectivity index (χ0n) is 12.3. The molecule has 0 unspecified atom stereocenters. The largest absolute Gasteiger partial charge is 0.361 e. The molecule has 0 saturated heterocycles. The number of fused-ring (bicyclic) bond motifs is 1. The van der Waals surface area contributed by atoms with Crippen LogP contribution in [0.1, 0.15) is 17.5 Å². The average Bonchev–Trinajstić information content (AvgIpc) is 2.91. The van der Waals surface area contributed by atoms with Crippen LogP contribution in [-0.4, -0.2) is 10.9 Å². The van der Waals surface area contributed by atoms with Gasteiger partial charge >= 0.3 is 0 Å². The number of amides is 1. The molecule has 112 valence electrons. The number of benzene rings is 2. The van der Waals surface area contributed by atoms with Crippen molar-refractivity contribution in [1.29, 1.82) is 0 Å². The van der Waals surface area contributed by atoms with E-state index in [0.717, 1.165) is 27.7 Å². The number of rotatable bonds is 4. The molecule has 0 aliphatic heterocycles. The molecule has 0 saturated carbocycles. The Bertz CT molecular complexity index is 823. The summed E-state index contributed by atoms with van der Waals surface area (Å²) in [4.78, 5) is 15.4. The molecule has 0 fully saturated rings. The molecule has 3 rings (SSSR count). The molecule has 4 heteroatoms. The van der Waals surface area contributed by atoms with Crippen LogP contribution < -0.4 is 5.32 Å². The van der Waals surface area contributed by atoms with Crippen LogP contribution in [0.3, 0.4) is 0 Å². The molecule has 3 nitrogen and oxygen atoms in total. The first-order chi connectivity index (χ1) is 10.6. The molecule has 0 radical (unpaired) electrons. The van der Waals surface area contributed by atoms with E-state index in [1.807, 2.05) is 49.5 Å². The first-order valence-corrected chi connectivity index (χ1v) is 8.04. The number of H-pyrrole nitrogens is 1. The van der Waals surface area contributed by atoms with Crippen LogP contribution in [0.5, 0.6) is 0 Å². The summed E-state index contributed by atoms with van der Waals surface area (Å²) in [7, 11) is 0. The van der Waals surface area contributed by atoms with Crippen LogP contribution in [-0.2, 0) is 11.2 Å².